The number of amides is 2. The molecule has 2 N–H and O–H groups in total. The molecule has 2 amide bonds. The van der Waals surface area contributed by atoms with E-state index in [9.17, 15) is 27.6 Å². The molecule has 32 heavy (non-hydrogen) atoms. The van der Waals surface area contributed by atoms with E-state index in [0.717, 1.165) is 23.8 Å². The monoisotopic (exact) mass is 470 g/mol. The number of para-hydroxylation sites is 1. The number of alkyl halides is 3. The summed E-state index contributed by atoms with van der Waals surface area (Å²) in [6.07, 6.45) is -3.24. The molecule has 0 aliphatic heterocycles. The van der Waals surface area contributed by atoms with Crippen molar-refractivity contribution in [2.75, 3.05) is 11.9 Å². The Labute approximate surface area is 185 Å². The highest BCUT2D eigenvalue weighted by molar-refractivity contribution is 7.16. The third-order valence-electron chi connectivity index (χ3n) is 4.78. The minimum Gasteiger partial charge on any atom is -0.452 e. The molecule has 11 heteroatoms. The Hall–Kier alpha value is -3.08. The maximum atomic E-state index is 12.6. The summed E-state index contributed by atoms with van der Waals surface area (Å²) < 4.78 is 46.5. The number of anilines is 1. The first-order valence-electron chi connectivity index (χ1n) is 9.73. The summed E-state index contributed by atoms with van der Waals surface area (Å²) in [4.78, 5) is 37.5. The summed E-state index contributed by atoms with van der Waals surface area (Å²) in [5.41, 5.74) is 0.946. The van der Waals surface area contributed by atoms with Crippen molar-refractivity contribution in [3.8, 4) is 5.75 Å². The van der Waals surface area contributed by atoms with Gasteiger partial charge in [-0.3, -0.25) is 9.59 Å². The maximum Gasteiger partial charge on any atom is 0.573 e. The quantitative estimate of drug-likeness (QED) is 0.567. The van der Waals surface area contributed by atoms with Crippen LogP contribution in [0.3, 0.4) is 0 Å². The summed E-state index contributed by atoms with van der Waals surface area (Å²) in [5, 5.41) is 5.51. The number of benzene rings is 1. The minimum absolute atomic E-state index is 0.0448. The van der Waals surface area contributed by atoms with Gasteiger partial charge in [0.05, 0.1) is 5.56 Å². The highest BCUT2D eigenvalue weighted by atomic mass is 32.1. The van der Waals surface area contributed by atoms with Gasteiger partial charge in [-0.25, -0.2) is 4.79 Å². The molecule has 1 aliphatic rings. The maximum absolute atomic E-state index is 12.6. The predicted octanol–water partition coefficient (Wildman–Crippen LogP) is 4.09. The van der Waals surface area contributed by atoms with Crippen LogP contribution in [0.4, 0.5) is 18.2 Å². The van der Waals surface area contributed by atoms with Gasteiger partial charge in [-0.15, -0.1) is 24.5 Å². The van der Waals surface area contributed by atoms with Gasteiger partial charge in [-0.1, -0.05) is 18.2 Å². The molecular formula is C21H21F3N2O5S. The first-order valence-corrected chi connectivity index (χ1v) is 10.5. The van der Waals surface area contributed by atoms with Crippen LogP contribution in [0.5, 0.6) is 5.75 Å². The summed E-state index contributed by atoms with van der Waals surface area (Å²) in [6.45, 7) is 2.64. The van der Waals surface area contributed by atoms with Crippen molar-refractivity contribution in [3.63, 3.8) is 0 Å². The van der Waals surface area contributed by atoms with E-state index in [0.29, 0.717) is 10.6 Å². The first kappa shape index (κ1) is 23.6. The van der Waals surface area contributed by atoms with Gasteiger partial charge in [0.15, 0.2) is 6.61 Å². The molecule has 3 rings (SSSR count). The van der Waals surface area contributed by atoms with Crippen molar-refractivity contribution >= 4 is 34.1 Å². The Morgan fingerprint density at radius 2 is 1.84 bits per heavy atom. The van der Waals surface area contributed by atoms with Crippen LogP contribution in [0.25, 0.3) is 0 Å². The molecule has 0 atom stereocenters. The second-order valence-corrected chi connectivity index (χ2v) is 8.48. The number of halogens is 3. The molecule has 2 aromatic rings. The number of carbonyl (C=O) groups excluding carboxylic acids is 3. The van der Waals surface area contributed by atoms with E-state index in [1.807, 2.05) is 0 Å². The molecule has 1 aromatic carbocycles. The fourth-order valence-corrected chi connectivity index (χ4v) is 3.89. The van der Waals surface area contributed by atoms with E-state index in [-0.39, 0.29) is 29.5 Å². The van der Waals surface area contributed by atoms with Gasteiger partial charge in [0, 0.05) is 22.9 Å². The number of aryl methyl sites for hydroxylation is 1. The highest BCUT2D eigenvalue weighted by Gasteiger charge is 2.33. The molecule has 0 unspecified atom stereocenters. The van der Waals surface area contributed by atoms with E-state index in [1.165, 1.54) is 29.5 Å². The SMILES string of the molecule is Cc1sc(NC(=O)C2CC2)c(C(=O)OCC(=O)NCc2ccccc2OC(F)(F)F)c1C. The molecule has 0 saturated heterocycles. The van der Waals surface area contributed by atoms with Crippen LogP contribution in [0.15, 0.2) is 24.3 Å². The van der Waals surface area contributed by atoms with Gasteiger partial charge in [0.2, 0.25) is 5.91 Å². The number of esters is 1. The lowest BCUT2D eigenvalue weighted by Gasteiger charge is -2.13. The number of carbonyl (C=O) groups is 3. The van der Waals surface area contributed by atoms with E-state index in [2.05, 4.69) is 15.4 Å². The third-order valence-corrected chi connectivity index (χ3v) is 5.91. The van der Waals surface area contributed by atoms with Crippen molar-refractivity contribution in [2.24, 2.45) is 5.92 Å². The molecule has 0 spiro atoms. The molecule has 1 saturated carbocycles. The molecule has 1 aliphatic carbocycles. The van der Waals surface area contributed by atoms with Crippen molar-refractivity contribution in [1.29, 1.82) is 0 Å². The summed E-state index contributed by atoms with van der Waals surface area (Å²) in [5.74, 6) is -2.10. The average molecular weight is 470 g/mol. The fraction of sp³-hybridized carbons (Fsp3) is 0.381. The van der Waals surface area contributed by atoms with E-state index in [1.54, 1.807) is 13.8 Å². The largest absolute Gasteiger partial charge is 0.573 e. The first-order chi connectivity index (χ1) is 15.0. The second-order valence-electron chi connectivity index (χ2n) is 7.26. The molecule has 172 valence electrons. The van der Waals surface area contributed by atoms with Crippen LogP contribution in [0.2, 0.25) is 0 Å². The Morgan fingerprint density at radius 3 is 2.50 bits per heavy atom. The zero-order chi connectivity index (χ0) is 23.5. The van der Waals surface area contributed by atoms with Gasteiger partial charge in [0.1, 0.15) is 10.8 Å². The molecule has 1 heterocycles. The van der Waals surface area contributed by atoms with E-state index < -0.39 is 30.6 Å². The van der Waals surface area contributed by atoms with Gasteiger partial charge in [0.25, 0.3) is 5.91 Å². The Kier molecular flexibility index (Phi) is 7.07. The van der Waals surface area contributed by atoms with Crippen molar-refractivity contribution < 1.29 is 37.0 Å². The molecule has 7 nitrogen and oxygen atoms in total. The van der Waals surface area contributed by atoms with Gasteiger partial charge < -0.3 is 20.1 Å². The smallest absolute Gasteiger partial charge is 0.452 e. The summed E-state index contributed by atoms with van der Waals surface area (Å²) >= 11 is 1.25. The van der Waals surface area contributed by atoms with Crippen LogP contribution in [0.1, 0.15) is 39.2 Å². The van der Waals surface area contributed by atoms with Crippen molar-refractivity contribution in [2.45, 2.75) is 39.6 Å². The number of hydrogen-bond donors (Lipinski definition) is 2. The van der Waals surface area contributed by atoms with Gasteiger partial charge in [-0.2, -0.15) is 0 Å². The number of ether oxygens (including phenoxy) is 2. The topological polar surface area (TPSA) is 93.7 Å². The third kappa shape index (κ3) is 6.22. The Balaban J connectivity index is 1.57. The minimum atomic E-state index is -4.86. The van der Waals surface area contributed by atoms with Crippen LogP contribution in [-0.2, 0) is 20.9 Å². The molecular weight excluding hydrogens is 449 g/mol. The van der Waals surface area contributed by atoms with Gasteiger partial charge in [-0.05, 0) is 38.3 Å². The van der Waals surface area contributed by atoms with Crippen molar-refractivity contribution in [3.05, 3.63) is 45.8 Å². The molecule has 1 aromatic heterocycles. The standard InChI is InChI=1S/C21H21F3N2O5S/c1-11-12(2)32-19(26-18(28)13-7-8-13)17(11)20(29)30-10-16(27)25-9-14-5-3-4-6-15(14)31-21(22,23)24/h3-6,13H,7-10H2,1-2H3,(H,25,27)(H,26,28). The normalized spacial score (nSPS) is 13.4. The average Bonchev–Trinajstić information content (AvgIpc) is 3.52. The lowest BCUT2D eigenvalue weighted by molar-refractivity contribution is -0.274. The van der Waals surface area contributed by atoms with E-state index >= 15 is 0 Å². The number of thiophene rings is 1. The lowest BCUT2D eigenvalue weighted by Crippen LogP contribution is -2.29. The molecule has 0 radical (unpaired) electrons. The number of rotatable bonds is 8. The van der Waals surface area contributed by atoms with Crippen molar-refractivity contribution in [1.82, 2.24) is 5.32 Å². The number of nitrogens with one attached hydrogen (secondary N) is 2. The summed E-state index contributed by atoms with van der Waals surface area (Å²) in [6, 6.07) is 5.39. The van der Waals surface area contributed by atoms with Crippen LogP contribution in [-0.4, -0.2) is 30.8 Å². The van der Waals surface area contributed by atoms with Crippen LogP contribution >= 0.6 is 11.3 Å². The summed E-state index contributed by atoms with van der Waals surface area (Å²) in [7, 11) is 0. The number of hydrogen-bond acceptors (Lipinski definition) is 6. The lowest BCUT2D eigenvalue weighted by atomic mass is 10.1. The second kappa shape index (κ2) is 9.60. The molecule has 1 fully saturated rings. The van der Waals surface area contributed by atoms with E-state index in [4.69, 9.17) is 4.74 Å². The Bertz CT molecular complexity index is 1030. The predicted molar refractivity (Wildman–Crippen MR) is 110 cm³/mol. The highest BCUT2D eigenvalue weighted by Crippen LogP contribution is 2.36. The van der Waals surface area contributed by atoms with Crippen LogP contribution < -0.4 is 15.4 Å². The molecule has 0 bridgehead atoms. The fourth-order valence-electron chi connectivity index (χ4n) is 2.84. The van der Waals surface area contributed by atoms with Gasteiger partial charge >= 0.3 is 12.3 Å². The van der Waals surface area contributed by atoms with Crippen LogP contribution in [0, 0.1) is 19.8 Å². The zero-order valence-electron chi connectivity index (χ0n) is 17.3. The Morgan fingerprint density at radius 1 is 1.16 bits per heavy atom. The zero-order valence-corrected chi connectivity index (χ0v) is 18.1.